The van der Waals surface area contributed by atoms with Crippen LogP contribution in [0.4, 0.5) is 19.0 Å². The Kier molecular flexibility index (Phi) is 6.92. The van der Waals surface area contributed by atoms with E-state index >= 15 is 0 Å². The van der Waals surface area contributed by atoms with Gasteiger partial charge < -0.3 is 10.1 Å². The van der Waals surface area contributed by atoms with E-state index in [9.17, 15) is 22.8 Å². The van der Waals surface area contributed by atoms with E-state index in [1.807, 2.05) is 0 Å². The number of aryl methyl sites for hydroxylation is 1. The molecule has 1 amide bonds. The Morgan fingerprint density at radius 1 is 1.15 bits per heavy atom. The third-order valence-electron chi connectivity index (χ3n) is 3.72. The molecule has 1 aromatic heterocycles. The van der Waals surface area contributed by atoms with Gasteiger partial charge in [-0.1, -0.05) is 12.1 Å². The lowest BCUT2D eigenvalue weighted by molar-refractivity contribution is -0.137. The minimum atomic E-state index is -4.38. The second-order valence-electron chi connectivity index (χ2n) is 6.07. The van der Waals surface area contributed by atoms with E-state index in [0.717, 1.165) is 25.0 Å². The summed E-state index contributed by atoms with van der Waals surface area (Å²) in [5.41, 5.74) is -0.257. The maximum absolute atomic E-state index is 12.5. The second kappa shape index (κ2) is 9.16. The van der Waals surface area contributed by atoms with Gasteiger partial charge >= 0.3 is 6.18 Å². The van der Waals surface area contributed by atoms with Crippen molar-refractivity contribution in [2.45, 2.75) is 38.9 Å². The number of amides is 1. The van der Waals surface area contributed by atoms with Gasteiger partial charge in [0.15, 0.2) is 5.82 Å². The van der Waals surface area contributed by atoms with Crippen LogP contribution in [0, 0.1) is 0 Å². The van der Waals surface area contributed by atoms with Crippen LogP contribution in [0.2, 0.25) is 0 Å². The summed E-state index contributed by atoms with van der Waals surface area (Å²) in [5, 5.41) is 6.79. The molecule has 8 heteroatoms. The van der Waals surface area contributed by atoms with E-state index in [2.05, 4.69) is 10.4 Å². The average Bonchev–Trinajstić information content (AvgIpc) is 3.03. The van der Waals surface area contributed by atoms with E-state index in [0.29, 0.717) is 24.3 Å². The highest BCUT2D eigenvalue weighted by Crippen LogP contribution is 2.29. The monoisotopic (exact) mass is 379 g/mol. The van der Waals surface area contributed by atoms with Gasteiger partial charge in [-0.05, 0) is 43.5 Å². The fourth-order valence-electron chi connectivity index (χ4n) is 2.32. The summed E-state index contributed by atoms with van der Waals surface area (Å²) in [4.78, 5) is 22.8. The number of Topliss-reactive ketones (excluding diaryl/α,β-unsaturated/α-hetero) is 1. The van der Waals surface area contributed by atoms with Crippen molar-refractivity contribution in [2.24, 2.45) is 0 Å². The van der Waals surface area contributed by atoms with Gasteiger partial charge in [0, 0.05) is 31.3 Å². The molecule has 0 aliphatic heterocycles. The molecule has 0 bridgehead atoms. The molecule has 1 aromatic carbocycles. The van der Waals surface area contributed by atoms with Crippen LogP contribution in [0.5, 0.6) is 0 Å². The number of hydrogen-bond donors (Lipinski definition) is 1. The number of carbonyl (C=O) groups excluding carboxylic acids is 2. The number of unbranched alkanes of at least 4 members (excludes halogenated alkanes) is 1. The normalized spacial score (nSPS) is 11.7. The Bertz CT molecular complexity index is 808. The predicted octanol–water partition coefficient (Wildman–Crippen LogP) is 4.31. The SMILES string of the molecule is CC(=O)CCCCn1ccc(NC(=O)C=Cc2ccc(C(F)(F)F)cc2)n1. The van der Waals surface area contributed by atoms with Crippen molar-refractivity contribution >= 4 is 23.6 Å². The zero-order valence-electron chi connectivity index (χ0n) is 14.8. The first-order valence-electron chi connectivity index (χ1n) is 8.43. The van der Waals surface area contributed by atoms with Crippen molar-refractivity contribution in [2.75, 3.05) is 5.32 Å². The number of halogens is 3. The molecule has 0 saturated heterocycles. The topological polar surface area (TPSA) is 64.0 Å². The lowest BCUT2D eigenvalue weighted by atomic mass is 10.1. The number of rotatable bonds is 8. The van der Waals surface area contributed by atoms with Crippen LogP contribution < -0.4 is 5.32 Å². The minimum absolute atomic E-state index is 0.156. The molecule has 1 N–H and O–H groups in total. The average molecular weight is 379 g/mol. The van der Waals surface area contributed by atoms with E-state index in [1.165, 1.54) is 24.3 Å². The second-order valence-corrected chi connectivity index (χ2v) is 6.07. The van der Waals surface area contributed by atoms with Crippen LogP contribution >= 0.6 is 0 Å². The molecule has 0 saturated carbocycles. The Morgan fingerprint density at radius 3 is 2.48 bits per heavy atom. The number of benzene rings is 1. The van der Waals surface area contributed by atoms with Crippen LogP contribution in [0.25, 0.3) is 6.08 Å². The third-order valence-corrected chi connectivity index (χ3v) is 3.72. The summed E-state index contributed by atoms with van der Waals surface area (Å²) in [7, 11) is 0. The fraction of sp³-hybridized carbons (Fsp3) is 0.316. The van der Waals surface area contributed by atoms with Gasteiger partial charge in [0.05, 0.1) is 5.56 Å². The smallest absolute Gasteiger partial charge is 0.306 e. The van der Waals surface area contributed by atoms with Gasteiger partial charge in [0.1, 0.15) is 5.78 Å². The number of hydrogen-bond acceptors (Lipinski definition) is 3. The number of nitrogens with zero attached hydrogens (tertiary/aromatic N) is 2. The molecule has 144 valence electrons. The maximum atomic E-state index is 12.5. The van der Waals surface area contributed by atoms with Crippen LogP contribution in [0.15, 0.2) is 42.6 Å². The van der Waals surface area contributed by atoms with E-state index in [1.54, 1.807) is 23.9 Å². The van der Waals surface area contributed by atoms with Gasteiger partial charge in [0.25, 0.3) is 0 Å². The van der Waals surface area contributed by atoms with Crippen molar-refractivity contribution in [3.63, 3.8) is 0 Å². The van der Waals surface area contributed by atoms with Gasteiger partial charge in [-0.3, -0.25) is 9.48 Å². The molecule has 0 unspecified atom stereocenters. The van der Waals surface area contributed by atoms with Crippen molar-refractivity contribution in [1.82, 2.24) is 9.78 Å². The Hall–Kier alpha value is -2.90. The molecule has 0 atom stereocenters. The Balaban J connectivity index is 1.83. The van der Waals surface area contributed by atoms with Gasteiger partial charge in [-0.15, -0.1) is 0 Å². The fourth-order valence-corrected chi connectivity index (χ4v) is 2.32. The van der Waals surface area contributed by atoms with E-state index in [-0.39, 0.29) is 5.78 Å². The lowest BCUT2D eigenvalue weighted by Crippen LogP contribution is -2.09. The molecule has 2 rings (SSSR count). The Morgan fingerprint density at radius 2 is 1.85 bits per heavy atom. The van der Waals surface area contributed by atoms with Gasteiger partial charge in [-0.25, -0.2) is 0 Å². The molecule has 0 aliphatic carbocycles. The zero-order valence-corrected chi connectivity index (χ0v) is 14.8. The zero-order chi connectivity index (χ0) is 19.9. The molecule has 2 aromatic rings. The molecule has 0 spiro atoms. The minimum Gasteiger partial charge on any atom is -0.306 e. The summed E-state index contributed by atoms with van der Waals surface area (Å²) in [5.74, 6) is 0.101. The first-order valence-corrected chi connectivity index (χ1v) is 8.43. The quantitative estimate of drug-likeness (QED) is 0.549. The summed E-state index contributed by atoms with van der Waals surface area (Å²) in [6, 6.07) is 6.16. The molecular formula is C19H20F3N3O2. The number of nitrogens with one attached hydrogen (secondary N) is 1. The number of anilines is 1. The van der Waals surface area contributed by atoms with E-state index < -0.39 is 17.6 Å². The van der Waals surface area contributed by atoms with Crippen molar-refractivity contribution in [3.05, 3.63) is 53.7 Å². The summed E-state index contributed by atoms with van der Waals surface area (Å²) >= 11 is 0. The first kappa shape index (κ1) is 20.4. The first-order chi connectivity index (χ1) is 12.7. The van der Waals surface area contributed by atoms with Crippen LogP contribution in [-0.2, 0) is 22.3 Å². The standard InChI is InChI=1S/C19H20F3N3O2/c1-14(26)4-2-3-12-25-13-11-17(24-25)23-18(27)10-7-15-5-8-16(9-6-15)19(20,21)22/h5-11,13H,2-4,12H2,1H3,(H,23,24,27). The van der Waals surface area contributed by atoms with Gasteiger partial charge in [-0.2, -0.15) is 18.3 Å². The van der Waals surface area contributed by atoms with Crippen molar-refractivity contribution in [1.29, 1.82) is 0 Å². The largest absolute Gasteiger partial charge is 0.416 e. The van der Waals surface area contributed by atoms with Crippen molar-refractivity contribution < 1.29 is 22.8 Å². The molecule has 0 radical (unpaired) electrons. The summed E-state index contributed by atoms with van der Waals surface area (Å²) in [6.45, 7) is 2.20. The number of alkyl halides is 3. The van der Waals surface area contributed by atoms with Crippen molar-refractivity contribution in [3.8, 4) is 0 Å². The lowest BCUT2D eigenvalue weighted by Gasteiger charge is -2.05. The van der Waals surface area contributed by atoms with Crippen LogP contribution in [0.1, 0.15) is 37.3 Å². The van der Waals surface area contributed by atoms with Crippen LogP contribution in [-0.4, -0.2) is 21.5 Å². The molecule has 5 nitrogen and oxygen atoms in total. The third kappa shape index (κ3) is 7.08. The molecule has 0 aliphatic rings. The maximum Gasteiger partial charge on any atom is 0.416 e. The summed E-state index contributed by atoms with van der Waals surface area (Å²) in [6.07, 6.45) is 2.13. The summed E-state index contributed by atoms with van der Waals surface area (Å²) < 4.78 is 39.2. The number of carbonyl (C=O) groups is 2. The highest BCUT2D eigenvalue weighted by atomic mass is 19.4. The Labute approximate surface area is 154 Å². The highest BCUT2D eigenvalue weighted by Gasteiger charge is 2.29. The highest BCUT2D eigenvalue weighted by molar-refractivity contribution is 6.01. The van der Waals surface area contributed by atoms with Crippen LogP contribution in [0.3, 0.4) is 0 Å². The number of aromatic nitrogens is 2. The number of ketones is 1. The predicted molar refractivity (Wildman–Crippen MR) is 95.9 cm³/mol. The molecular weight excluding hydrogens is 359 g/mol. The molecule has 0 fully saturated rings. The van der Waals surface area contributed by atoms with Gasteiger partial charge in [0.2, 0.25) is 5.91 Å². The van der Waals surface area contributed by atoms with E-state index in [4.69, 9.17) is 0 Å². The molecule has 1 heterocycles. The molecule has 27 heavy (non-hydrogen) atoms.